The molecule has 0 spiro atoms. The van der Waals surface area contributed by atoms with Gasteiger partial charge in [-0.15, -0.1) is 5.10 Å². The molecule has 0 bridgehead atoms. The van der Waals surface area contributed by atoms with Crippen LogP contribution in [0.4, 0.5) is 0 Å². The maximum absolute atomic E-state index is 11.3. The molecular weight excluding hydrogens is 364 g/mol. The van der Waals surface area contributed by atoms with Crippen molar-refractivity contribution in [3.63, 3.8) is 0 Å². The second-order valence-electron chi connectivity index (χ2n) is 6.64. The summed E-state index contributed by atoms with van der Waals surface area (Å²) in [4.78, 5) is 11.3. The maximum Gasteiger partial charge on any atom is 0.181 e. The van der Waals surface area contributed by atoms with Crippen molar-refractivity contribution in [3.05, 3.63) is 11.9 Å². The number of carbonyl (C=O) groups excluding carboxylic acids is 1. The van der Waals surface area contributed by atoms with Gasteiger partial charge in [-0.25, -0.2) is 4.68 Å². The van der Waals surface area contributed by atoms with Crippen molar-refractivity contribution in [2.75, 3.05) is 20.2 Å². The summed E-state index contributed by atoms with van der Waals surface area (Å²) in [6.07, 6.45) is 2.54. The van der Waals surface area contributed by atoms with Gasteiger partial charge in [0.15, 0.2) is 5.78 Å². The number of carbonyl (C=O) groups is 1. The highest BCUT2D eigenvalue weighted by atomic mass is 16.5. The molecule has 1 aromatic rings. The van der Waals surface area contributed by atoms with E-state index in [1.165, 1.54) is 6.92 Å². The van der Waals surface area contributed by atoms with Crippen molar-refractivity contribution in [2.24, 2.45) is 5.41 Å². The van der Waals surface area contributed by atoms with E-state index in [1.54, 1.807) is 10.9 Å². The number of nitrogens with one attached hydrogen (secondary N) is 1. The van der Waals surface area contributed by atoms with Crippen molar-refractivity contribution in [1.82, 2.24) is 20.3 Å². The summed E-state index contributed by atoms with van der Waals surface area (Å²) in [5.74, 6) is -0.0736. The predicted octanol–water partition coefficient (Wildman–Crippen LogP) is 6.02. The molecule has 0 aliphatic rings. The average molecular weight is 417 g/mol. The van der Waals surface area contributed by atoms with Crippen LogP contribution in [0.2, 0.25) is 0 Å². The highest BCUT2D eigenvalue weighted by Crippen LogP contribution is 2.23. The van der Waals surface area contributed by atoms with Gasteiger partial charge in [0.1, 0.15) is 5.69 Å². The maximum atomic E-state index is 11.3. The number of ketones is 1. The Kier molecular flexibility index (Phi) is 26.0. The molecule has 0 radical (unpaired) electrons. The Hall–Kier alpha value is -1.27. The number of Topliss-reactive ketones (excluding diaryl/α,β-unsaturated/α-hetero) is 1. The van der Waals surface area contributed by atoms with E-state index >= 15 is 0 Å². The van der Waals surface area contributed by atoms with Crippen LogP contribution in [0.5, 0.6) is 0 Å². The van der Waals surface area contributed by atoms with Crippen LogP contribution in [-0.2, 0) is 11.3 Å². The van der Waals surface area contributed by atoms with Gasteiger partial charge in [0.2, 0.25) is 0 Å². The number of ether oxygens (including phenoxy) is 1. The lowest BCUT2D eigenvalue weighted by molar-refractivity contribution is -0.0790. The molecule has 0 aromatic carbocycles. The molecule has 1 heterocycles. The third-order valence-corrected chi connectivity index (χ3v) is 3.61. The second-order valence-corrected chi connectivity index (χ2v) is 6.64. The molecular formula is C23H52N4O2. The molecule has 0 amide bonds. The fourth-order valence-electron chi connectivity index (χ4n) is 2.04. The van der Waals surface area contributed by atoms with E-state index < -0.39 is 0 Å². The summed E-state index contributed by atoms with van der Waals surface area (Å²) >= 11 is 0. The zero-order valence-electron chi connectivity index (χ0n) is 22.1. The molecule has 0 fully saturated rings. The predicted molar refractivity (Wildman–Crippen MR) is 128 cm³/mol. The zero-order valence-corrected chi connectivity index (χ0v) is 22.1. The van der Waals surface area contributed by atoms with Gasteiger partial charge in [-0.3, -0.25) is 4.79 Å². The smallest absolute Gasteiger partial charge is 0.181 e. The minimum atomic E-state index is -0.327. The van der Waals surface area contributed by atoms with E-state index in [-0.39, 0.29) is 16.8 Å². The van der Waals surface area contributed by atoms with E-state index in [9.17, 15) is 4.79 Å². The van der Waals surface area contributed by atoms with Gasteiger partial charge in [-0.2, -0.15) is 0 Å². The van der Waals surface area contributed by atoms with E-state index in [2.05, 4.69) is 43.3 Å². The van der Waals surface area contributed by atoms with Crippen LogP contribution in [0.25, 0.3) is 0 Å². The van der Waals surface area contributed by atoms with Crippen molar-refractivity contribution in [3.8, 4) is 0 Å². The molecule has 6 nitrogen and oxygen atoms in total. The topological polar surface area (TPSA) is 69.0 Å². The van der Waals surface area contributed by atoms with Gasteiger partial charge >= 0.3 is 0 Å². The minimum Gasteiger partial charge on any atom is -0.373 e. The zero-order chi connectivity index (χ0) is 24.1. The van der Waals surface area contributed by atoms with Crippen molar-refractivity contribution < 1.29 is 9.53 Å². The first kappa shape index (κ1) is 35.2. The summed E-state index contributed by atoms with van der Waals surface area (Å²) in [6.45, 7) is 28.1. The molecule has 0 saturated carbocycles. The standard InChI is InChI=1S/C15H28N4O2.4C2H6/c1-7-15(5,21-11-14(3,4)9-16-6)10-19-8-13(12(2)20)17-18-19;4*1-2/h8,16H,7,9-11H2,1-6H3;4*1-2H3. The molecule has 1 unspecified atom stereocenters. The average Bonchev–Trinajstić information content (AvgIpc) is 3.21. The molecule has 1 aromatic heterocycles. The van der Waals surface area contributed by atoms with Gasteiger partial charge in [0.05, 0.1) is 24.9 Å². The van der Waals surface area contributed by atoms with E-state index in [4.69, 9.17) is 4.74 Å². The first-order valence-electron chi connectivity index (χ1n) is 11.4. The Bertz CT molecular complexity index is 473. The van der Waals surface area contributed by atoms with Crippen LogP contribution < -0.4 is 5.32 Å². The van der Waals surface area contributed by atoms with Crippen molar-refractivity contribution in [2.45, 2.75) is 109 Å². The van der Waals surface area contributed by atoms with E-state index in [0.29, 0.717) is 18.8 Å². The lowest BCUT2D eigenvalue weighted by atomic mass is 9.94. The first-order valence-corrected chi connectivity index (χ1v) is 11.4. The Labute approximate surface area is 182 Å². The minimum absolute atomic E-state index is 0.0676. The third kappa shape index (κ3) is 17.3. The quantitative estimate of drug-likeness (QED) is 0.499. The normalized spacial score (nSPS) is 11.7. The van der Waals surface area contributed by atoms with Crippen LogP contribution >= 0.6 is 0 Å². The van der Waals surface area contributed by atoms with Crippen LogP contribution in [0, 0.1) is 5.41 Å². The van der Waals surface area contributed by atoms with Crippen molar-refractivity contribution >= 4 is 5.78 Å². The summed E-state index contributed by atoms with van der Waals surface area (Å²) < 4.78 is 7.84. The van der Waals surface area contributed by atoms with Gasteiger partial charge in [-0.05, 0) is 20.4 Å². The Morgan fingerprint density at radius 1 is 1.07 bits per heavy atom. The number of aromatic nitrogens is 3. The Morgan fingerprint density at radius 2 is 1.55 bits per heavy atom. The van der Waals surface area contributed by atoms with Crippen LogP contribution in [0.3, 0.4) is 0 Å². The summed E-state index contributed by atoms with van der Waals surface area (Å²) in [5, 5.41) is 11.1. The molecule has 0 aliphatic carbocycles. The molecule has 176 valence electrons. The van der Waals surface area contributed by atoms with Gasteiger partial charge in [0, 0.05) is 18.9 Å². The molecule has 1 N–H and O–H groups in total. The highest BCUT2D eigenvalue weighted by Gasteiger charge is 2.28. The molecule has 6 heteroatoms. The number of rotatable bonds is 9. The summed E-state index contributed by atoms with van der Waals surface area (Å²) in [6, 6.07) is 0. The van der Waals surface area contributed by atoms with Gasteiger partial charge in [-0.1, -0.05) is 81.4 Å². The molecule has 1 rings (SSSR count). The Morgan fingerprint density at radius 3 is 1.90 bits per heavy atom. The van der Waals surface area contributed by atoms with Gasteiger partial charge in [0.25, 0.3) is 0 Å². The lowest BCUT2D eigenvalue weighted by Crippen LogP contribution is -2.39. The lowest BCUT2D eigenvalue weighted by Gasteiger charge is -2.33. The fraction of sp³-hybridized carbons (Fsp3) is 0.870. The summed E-state index contributed by atoms with van der Waals surface area (Å²) in [7, 11) is 1.94. The number of hydrogen-bond donors (Lipinski definition) is 1. The Balaban J connectivity index is -0.000000347. The molecule has 1 atom stereocenters. The SMILES string of the molecule is CC.CC.CC.CC.CCC(C)(Cn1cc(C(C)=O)nn1)OCC(C)(C)CNC. The molecule has 0 saturated heterocycles. The van der Waals surface area contributed by atoms with Crippen LogP contribution in [-0.4, -0.2) is 46.6 Å². The molecule has 29 heavy (non-hydrogen) atoms. The molecule has 0 aliphatic heterocycles. The number of hydrogen-bond acceptors (Lipinski definition) is 5. The monoisotopic (exact) mass is 416 g/mol. The second kappa shape index (κ2) is 21.4. The van der Waals surface area contributed by atoms with Crippen LogP contribution in [0.1, 0.15) is 107 Å². The summed E-state index contributed by atoms with van der Waals surface area (Å²) in [5.41, 5.74) is 0.133. The van der Waals surface area contributed by atoms with E-state index in [0.717, 1.165) is 13.0 Å². The largest absolute Gasteiger partial charge is 0.373 e. The van der Waals surface area contributed by atoms with Crippen molar-refractivity contribution in [1.29, 1.82) is 0 Å². The highest BCUT2D eigenvalue weighted by molar-refractivity contribution is 5.91. The van der Waals surface area contributed by atoms with E-state index in [1.807, 2.05) is 62.4 Å². The van der Waals surface area contributed by atoms with Crippen LogP contribution in [0.15, 0.2) is 6.20 Å². The first-order chi connectivity index (χ1) is 13.7. The number of nitrogens with zero attached hydrogens (tertiary/aromatic N) is 3. The third-order valence-electron chi connectivity index (χ3n) is 3.61. The fourth-order valence-corrected chi connectivity index (χ4v) is 2.04. The van der Waals surface area contributed by atoms with Gasteiger partial charge < -0.3 is 10.1 Å².